The summed E-state index contributed by atoms with van der Waals surface area (Å²) in [4.78, 5) is 44.4. The van der Waals surface area contributed by atoms with Gasteiger partial charge in [-0.2, -0.15) is 0 Å². The molecule has 6 heterocycles. The fraction of sp³-hybridized carbons (Fsp3) is 0.310. The number of aromatic nitrogens is 4. The number of aromatic carboxylic acids is 1. The highest BCUT2D eigenvalue weighted by molar-refractivity contribution is 6.18. The normalized spacial score (nSPS) is 18.7. The third-order valence-electron chi connectivity index (χ3n) is 8.10. The zero-order valence-corrected chi connectivity index (χ0v) is 23.4. The number of benzene rings is 1. The van der Waals surface area contributed by atoms with Crippen LogP contribution in [0.25, 0.3) is 44.1 Å². The van der Waals surface area contributed by atoms with Gasteiger partial charge in [-0.3, -0.25) is 9.69 Å². The van der Waals surface area contributed by atoms with E-state index in [1.54, 1.807) is 25.5 Å². The number of nitrogens with one attached hydrogen (secondary N) is 3. The molecule has 12 nitrogen and oxygen atoms in total. The second-order valence-corrected chi connectivity index (χ2v) is 10.3. The average molecular weight is 575 g/mol. The van der Waals surface area contributed by atoms with Crippen LogP contribution in [0, 0.1) is 5.82 Å². The van der Waals surface area contributed by atoms with Crippen molar-refractivity contribution >= 4 is 50.3 Å². The second kappa shape index (κ2) is 10.7. The summed E-state index contributed by atoms with van der Waals surface area (Å²) in [6, 6.07) is 4.75. The first-order chi connectivity index (χ1) is 20.3. The number of rotatable bonds is 4. The van der Waals surface area contributed by atoms with Crippen LogP contribution < -0.4 is 21.4 Å². The Hall–Kier alpha value is -4.59. The molecule has 2 saturated heterocycles. The third-order valence-corrected chi connectivity index (χ3v) is 8.10. The number of ether oxygens (including phenoxy) is 1. The van der Waals surface area contributed by atoms with E-state index in [0.717, 1.165) is 29.3 Å². The van der Waals surface area contributed by atoms with Crippen molar-refractivity contribution < 1.29 is 19.0 Å². The second-order valence-electron chi connectivity index (χ2n) is 10.3. The Morgan fingerprint density at radius 1 is 1.17 bits per heavy atom. The van der Waals surface area contributed by atoms with Crippen molar-refractivity contribution in [1.29, 1.82) is 0 Å². The van der Waals surface area contributed by atoms with E-state index in [2.05, 4.69) is 42.8 Å². The highest BCUT2D eigenvalue weighted by Crippen LogP contribution is 2.43. The molecule has 2 aliphatic rings. The van der Waals surface area contributed by atoms with Crippen LogP contribution in [0.5, 0.6) is 0 Å². The molecular formula is C29H31FN8O4. The van der Waals surface area contributed by atoms with E-state index < -0.39 is 11.4 Å². The third kappa shape index (κ3) is 4.33. The maximum atomic E-state index is 14.8. The summed E-state index contributed by atoms with van der Waals surface area (Å²) in [5.74, 6) is -1.70. The number of likely N-dealkylation sites (N-methyl/N-ethyl adjacent to an activating group) is 1. The number of fused-ring (bicyclic) bond motifs is 5. The quantitative estimate of drug-likeness (QED) is 0.215. The Bertz CT molecular complexity index is 1900. The minimum Gasteiger partial charge on any atom is -0.477 e. The molecule has 2 atom stereocenters. The Morgan fingerprint density at radius 3 is 2.69 bits per heavy atom. The van der Waals surface area contributed by atoms with Crippen molar-refractivity contribution in [3.63, 3.8) is 0 Å². The Labute approximate surface area is 239 Å². The number of halogens is 1. The number of H-pyrrole nitrogens is 2. The Morgan fingerprint density at radius 2 is 1.95 bits per heavy atom. The van der Waals surface area contributed by atoms with Gasteiger partial charge < -0.3 is 35.8 Å². The summed E-state index contributed by atoms with van der Waals surface area (Å²) in [6.45, 7) is 2.78. The first-order valence-electron chi connectivity index (χ1n) is 13.6. The van der Waals surface area contributed by atoms with Gasteiger partial charge in [0.15, 0.2) is 0 Å². The lowest BCUT2D eigenvalue weighted by Crippen LogP contribution is -2.48. The smallest absolute Gasteiger partial charge is 0.341 e. The molecule has 2 fully saturated rings. The van der Waals surface area contributed by atoms with Crippen LogP contribution in [0.3, 0.4) is 0 Å². The van der Waals surface area contributed by atoms with Gasteiger partial charge in [0.05, 0.1) is 46.4 Å². The number of morpholine rings is 1. The molecule has 1 aromatic carbocycles. The number of carbonyl (C=O) groups is 1. The van der Waals surface area contributed by atoms with Gasteiger partial charge in [-0.1, -0.05) is 0 Å². The highest BCUT2D eigenvalue weighted by atomic mass is 19.1. The molecule has 13 heteroatoms. The van der Waals surface area contributed by atoms with Crippen molar-refractivity contribution in [2.24, 2.45) is 5.73 Å². The van der Waals surface area contributed by atoms with E-state index in [-0.39, 0.29) is 34.6 Å². The SMILES string of the molecule is CN.CNc1cc(F)cc2c1[nH]c1ncc(-c3cnc4[nH]cc(C(=O)O)c(=O)c4c3)c(N3C[C@H]4OCCN(C)[C@H]4C3)c12. The predicted molar refractivity (Wildman–Crippen MR) is 160 cm³/mol. The predicted octanol–water partition coefficient (Wildman–Crippen LogP) is 2.59. The molecule has 0 saturated carbocycles. The minimum atomic E-state index is -1.32. The van der Waals surface area contributed by atoms with E-state index in [1.165, 1.54) is 19.2 Å². The van der Waals surface area contributed by atoms with Crippen LogP contribution in [-0.4, -0.2) is 95.4 Å². The van der Waals surface area contributed by atoms with Crippen LogP contribution in [0.1, 0.15) is 10.4 Å². The van der Waals surface area contributed by atoms with Gasteiger partial charge in [-0.05, 0) is 32.3 Å². The molecule has 0 aliphatic carbocycles. The van der Waals surface area contributed by atoms with Crippen molar-refractivity contribution in [3.8, 4) is 11.1 Å². The fourth-order valence-corrected chi connectivity index (χ4v) is 6.10. The molecule has 0 spiro atoms. The number of anilines is 2. The van der Waals surface area contributed by atoms with Gasteiger partial charge >= 0.3 is 5.97 Å². The van der Waals surface area contributed by atoms with Crippen LogP contribution in [0.2, 0.25) is 0 Å². The van der Waals surface area contributed by atoms with Crippen molar-refractivity contribution in [3.05, 3.63) is 58.4 Å². The van der Waals surface area contributed by atoms with Gasteiger partial charge in [-0.15, -0.1) is 0 Å². The molecule has 0 bridgehead atoms. The Kier molecular flexibility index (Phi) is 7.01. The number of carboxylic acid groups (broad SMARTS) is 1. The van der Waals surface area contributed by atoms with E-state index >= 15 is 0 Å². The van der Waals surface area contributed by atoms with Gasteiger partial charge in [0.25, 0.3) is 0 Å². The van der Waals surface area contributed by atoms with Crippen molar-refractivity contribution in [2.45, 2.75) is 12.1 Å². The van der Waals surface area contributed by atoms with Gasteiger partial charge in [0.2, 0.25) is 5.43 Å². The number of nitrogens with two attached hydrogens (primary N) is 1. The summed E-state index contributed by atoms with van der Waals surface area (Å²) in [5.41, 5.74) is 7.84. The molecule has 0 amide bonds. The molecule has 0 unspecified atom stereocenters. The molecule has 2 aliphatic heterocycles. The van der Waals surface area contributed by atoms with Crippen LogP contribution >= 0.6 is 0 Å². The monoisotopic (exact) mass is 574 g/mol. The van der Waals surface area contributed by atoms with Gasteiger partial charge in [0, 0.05) is 61.8 Å². The lowest BCUT2D eigenvalue weighted by atomic mass is 10.0. The average Bonchev–Trinajstić information content (AvgIpc) is 3.60. The van der Waals surface area contributed by atoms with Gasteiger partial charge in [0.1, 0.15) is 22.7 Å². The van der Waals surface area contributed by atoms with E-state index in [9.17, 15) is 19.1 Å². The largest absolute Gasteiger partial charge is 0.477 e. The number of hydrogen-bond acceptors (Lipinski definition) is 9. The summed E-state index contributed by atoms with van der Waals surface area (Å²) in [6.07, 6.45) is 4.50. The lowest BCUT2D eigenvalue weighted by molar-refractivity contribution is -0.0362. The molecule has 42 heavy (non-hydrogen) atoms. The topological polar surface area (TPSA) is 165 Å². The molecule has 6 N–H and O–H groups in total. The van der Waals surface area contributed by atoms with E-state index in [0.29, 0.717) is 47.5 Å². The highest BCUT2D eigenvalue weighted by Gasteiger charge is 2.40. The van der Waals surface area contributed by atoms with Crippen LogP contribution in [0.15, 0.2) is 41.6 Å². The zero-order valence-electron chi connectivity index (χ0n) is 23.4. The molecule has 7 rings (SSSR count). The van der Waals surface area contributed by atoms with E-state index in [4.69, 9.17) is 9.72 Å². The number of pyridine rings is 3. The van der Waals surface area contributed by atoms with Crippen LogP contribution in [0.4, 0.5) is 15.8 Å². The summed E-state index contributed by atoms with van der Waals surface area (Å²) in [5, 5.41) is 14.1. The maximum Gasteiger partial charge on any atom is 0.341 e. The Balaban J connectivity index is 0.00000155. The maximum absolute atomic E-state index is 14.8. The molecule has 0 radical (unpaired) electrons. The minimum absolute atomic E-state index is 0.000301. The molecule has 5 aromatic rings. The van der Waals surface area contributed by atoms with Crippen LogP contribution in [-0.2, 0) is 4.74 Å². The lowest BCUT2D eigenvalue weighted by Gasteiger charge is -2.33. The first kappa shape index (κ1) is 27.6. The number of carboxylic acids is 1. The summed E-state index contributed by atoms with van der Waals surface area (Å²) < 4.78 is 21.0. The van der Waals surface area contributed by atoms with Crippen molar-refractivity contribution in [2.75, 3.05) is 57.6 Å². The molecule has 218 valence electrons. The van der Waals surface area contributed by atoms with Gasteiger partial charge in [-0.25, -0.2) is 19.2 Å². The fourth-order valence-electron chi connectivity index (χ4n) is 6.10. The van der Waals surface area contributed by atoms with Crippen molar-refractivity contribution in [1.82, 2.24) is 24.8 Å². The zero-order chi connectivity index (χ0) is 29.7. The molecular weight excluding hydrogens is 543 g/mol. The van der Waals surface area contributed by atoms with E-state index in [1.807, 2.05) is 0 Å². The number of nitrogens with zero attached hydrogens (tertiary/aromatic N) is 4. The molecule has 4 aromatic heterocycles. The number of aromatic amines is 2. The first-order valence-corrected chi connectivity index (χ1v) is 13.6. The summed E-state index contributed by atoms with van der Waals surface area (Å²) >= 11 is 0. The summed E-state index contributed by atoms with van der Waals surface area (Å²) in [7, 11) is 5.33. The standard InChI is InChI=1S/C28H26FN7O4.CH5N/c1-30-19-7-14(29)6-15-22-24(36-11-20-21(12-36)40-4-3-35(20)2)17(9-33-27(22)34-23(15)19)13-5-16-25(37)18(28(38)39)10-32-26(16)31-8-13;1-2/h5-10,20-21,30H,3-4,11-12H2,1-2H3,(H,33,34)(H,38,39)(H,31,32,37);2H2,1H3/t20-,21+;/m0./s1. The number of hydrogen-bond donors (Lipinski definition) is 5.